The molecule has 0 spiro atoms. The van der Waals surface area contributed by atoms with Crippen LogP contribution in [0.1, 0.15) is 30.0 Å². The van der Waals surface area contributed by atoms with Crippen LogP contribution in [0.15, 0.2) is 47.3 Å². The Hall–Kier alpha value is -2.61. The average molecular weight is 364 g/mol. The minimum absolute atomic E-state index is 0.356. The van der Waals surface area contributed by atoms with Crippen molar-refractivity contribution in [2.24, 2.45) is 5.73 Å². The van der Waals surface area contributed by atoms with Gasteiger partial charge in [0.15, 0.2) is 0 Å². The number of rotatable bonds is 4. The number of terminal acetylenes is 1. The van der Waals surface area contributed by atoms with E-state index in [1.54, 1.807) is 10.6 Å². The molecule has 3 aromatic rings. The smallest absolute Gasteiger partial charge is 0.317 e. The molecule has 1 saturated carbocycles. The summed E-state index contributed by atoms with van der Waals surface area (Å²) < 4.78 is 1.58. The maximum absolute atomic E-state index is 12.9. The summed E-state index contributed by atoms with van der Waals surface area (Å²) in [5, 5.41) is 1.38. The van der Waals surface area contributed by atoms with E-state index in [2.05, 4.69) is 23.0 Å². The van der Waals surface area contributed by atoms with E-state index in [0.29, 0.717) is 28.7 Å². The van der Waals surface area contributed by atoms with Gasteiger partial charge in [-0.05, 0) is 42.5 Å². The molecule has 1 aliphatic rings. The van der Waals surface area contributed by atoms with Crippen molar-refractivity contribution in [2.75, 3.05) is 0 Å². The highest BCUT2D eigenvalue weighted by atomic mass is 35.5. The van der Waals surface area contributed by atoms with Gasteiger partial charge in [0.05, 0.1) is 28.0 Å². The maximum Gasteiger partial charge on any atom is 0.352 e. The van der Waals surface area contributed by atoms with E-state index >= 15 is 0 Å². The van der Waals surface area contributed by atoms with E-state index in [1.165, 1.54) is 18.4 Å². The Morgan fingerprint density at radius 2 is 2.08 bits per heavy atom. The summed E-state index contributed by atoms with van der Waals surface area (Å²) in [6.07, 6.45) is 8.13. The molecule has 130 valence electrons. The lowest BCUT2D eigenvalue weighted by atomic mass is 10.0. The standard InChI is InChI=1S/C21H18ClN3O/c1-2-15(23)12-18-16-10-9-14(13-7-8-13)11-20(16)25(21(26)24-18)19-6-4-3-5-17(19)22/h1,3-6,9-11,13,15H,7-8,12,23H2/t15-/m1/s1. The van der Waals surface area contributed by atoms with Crippen molar-refractivity contribution >= 4 is 22.5 Å². The Bertz CT molecular complexity index is 1090. The van der Waals surface area contributed by atoms with Crippen molar-refractivity contribution in [1.82, 2.24) is 9.55 Å². The van der Waals surface area contributed by atoms with Gasteiger partial charge in [0.1, 0.15) is 0 Å². The fourth-order valence-electron chi connectivity index (χ4n) is 3.27. The van der Waals surface area contributed by atoms with E-state index in [-0.39, 0.29) is 5.69 Å². The summed E-state index contributed by atoms with van der Waals surface area (Å²) in [6, 6.07) is 13.0. The Morgan fingerprint density at radius 3 is 2.77 bits per heavy atom. The summed E-state index contributed by atoms with van der Waals surface area (Å²) >= 11 is 6.36. The van der Waals surface area contributed by atoms with Gasteiger partial charge in [0.2, 0.25) is 0 Å². The first kappa shape index (κ1) is 16.8. The van der Waals surface area contributed by atoms with Crippen LogP contribution in [0.2, 0.25) is 5.02 Å². The van der Waals surface area contributed by atoms with E-state index in [1.807, 2.05) is 24.3 Å². The summed E-state index contributed by atoms with van der Waals surface area (Å²) in [4.78, 5) is 17.1. The van der Waals surface area contributed by atoms with Gasteiger partial charge >= 0.3 is 5.69 Å². The molecule has 1 aliphatic carbocycles. The van der Waals surface area contributed by atoms with Crippen molar-refractivity contribution in [3.63, 3.8) is 0 Å². The maximum atomic E-state index is 12.9. The van der Waals surface area contributed by atoms with Crippen molar-refractivity contribution in [3.05, 3.63) is 69.2 Å². The molecule has 1 atom stereocenters. The molecule has 1 heterocycles. The summed E-state index contributed by atoms with van der Waals surface area (Å²) in [7, 11) is 0. The fraction of sp³-hybridized carbons (Fsp3) is 0.238. The van der Waals surface area contributed by atoms with Crippen LogP contribution >= 0.6 is 11.6 Å². The van der Waals surface area contributed by atoms with Crippen LogP contribution in [0.25, 0.3) is 16.6 Å². The molecule has 2 N–H and O–H groups in total. The largest absolute Gasteiger partial charge is 0.352 e. The van der Waals surface area contributed by atoms with Gasteiger partial charge in [-0.25, -0.2) is 4.79 Å². The summed E-state index contributed by atoms with van der Waals surface area (Å²) in [5.74, 6) is 3.07. The highest BCUT2D eigenvalue weighted by Crippen LogP contribution is 2.41. The molecule has 0 bridgehead atoms. The Labute approximate surface area is 156 Å². The number of benzene rings is 2. The molecular formula is C21H18ClN3O. The third kappa shape index (κ3) is 3.01. The van der Waals surface area contributed by atoms with Crippen molar-refractivity contribution in [2.45, 2.75) is 31.2 Å². The molecule has 0 unspecified atom stereocenters. The molecule has 1 aromatic heterocycles. The first-order valence-corrected chi connectivity index (χ1v) is 8.98. The lowest BCUT2D eigenvalue weighted by Crippen LogP contribution is -2.27. The van der Waals surface area contributed by atoms with Gasteiger partial charge in [0.25, 0.3) is 0 Å². The summed E-state index contributed by atoms with van der Waals surface area (Å²) in [5.41, 5.74) is 8.80. The Morgan fingerprint density at radius 1 is 1.31 bits per heavy atom. The molecule has 0 aliphatic heterocycles. The summed E-state index contributed by atoms with van der Waals surface area (Å²) in [6.45, 7) is 0. The number of para-hydroxylation sites is 1. The second-order valence-corrected chi connectivity index (χ2v) is 7.06. The minimum atomic E-state index is -0.482. The zero-order valence-corrected chi connectivity index (χ0v) is 14.9. The first-order chi connectivity index (χ1) is 12.6. The van der Waals surface area contributed by atoms with Gasteiger partial charge in [-0.3, -0.25) is 4.57 Å². The third-order valence-electron chi connectivity index (χ3n) is 4.76. The zero-order valence-electron chi connectivity index (χ0n) is 14.2. The topological polar surface area (TPSA) is 60.9 Å². The SMILES string of the molecule is C#C[C@@H](N)Cc1nc(=O)n(-c2ccccc2Cl)c2cc(C3CC3)ccc12. The molecule has 0 amide bonds. The number of hydrogen-bond donors (Lipinski definition) is 1. The molecule has 4 rings (SSSR count). The Balaban J connectivity index is 2.02. The van der Waals surface area contributed by atoms with Gasteiger partial charge < -0.3 is 5.73 Å². The third-order valence-corrected chi connectivity index (χ3v) is 5.08. The second kappa shape index (κ2) is 6.60. The molecular weight excluding hydrogens is 346 g/mol. The van der Waals surface area contributed by atoms with Gasteiger partial charge in [0, 0.05) is 11.8 Å². The predicted molar refractivity (Wildman–Crippen MR) is 105 cm³/mol. The molecule has 2 aromatic carbocycles. The van der Waals surface area contributed by atoms with Gasteiger partial charge in [-0.2, -0.15) is 4.98 Å². The van der Waals surface area contributed by atoms with E-state index in [4.69, 9.17) is 23.8 Å². The molecule has 4 nitrogen and oxygen atoms in total. The van der Waals surface area contributed by atoms with Gasteiger partial charge in [-0.1, -0.05) is 41.8 Å². The number of aromatic nitrogens is 2. The van der Waals surface area contributed by atoms with Crippen LogP contribution in [0.3, 0.4) is 0 Å². The van der Waals surface area contributed by atoms with Crippen LogP contribution in [-0.2, 0) is 6.42 Å². The van der Waals surface area contributed by atoms with Crippen LogP contribution in [0.4, 0.5) is 0 Å². The van der Waals surface area contributed by atoms with Gasteiger partial charge in [-0.15, -0.1) is 6.42 Å². The fourth-order valence-corrected chi connectivity index (χ4v) is 3.49. The number of halogens is 1. The van der Waals surface area contributed by atoms with E-state index < -0.39 is 6.04 Å². The normalized spacial score (nSPS) is 15.0. The minimum Gasteiger partial charge on any atom is -0.317 e. The Kier molecular flexibility index (Phi) is 4.28. The monoisotopic (exact) mass is 363 g/mol. The van der Waals surface area contributed by atoms with Crippen LogP contribution in [0, 0.1) is 12.3 Å². The first-order valence-electron chi connectivity index (χ1n) is 8.60. The predicted octanol–water partition coefficient (Wildman–Crippen LogP) is 3.42. The highest BCUT2D eigenvalue weighted by molar-refractivity contribution is 6.32. The second-order valence-electron chi connectivity index (χ2n) is 6.66. The van der Waals surface area contributed by atoms with Crippen LogP contribution < -0.4 is 11.4 Å². The molecule has 1 fully saturated rings. The van der Waals surface area contributed by atoms with Crippen molar-refractivity contribution in [1.29, 1.82) is 0 Å². The number of nitrogens with two attached hydrogens (primary N) is 1. The number of fused-ring (bicyclic) bond motifs is 1. The molecule has 26 heavy (non-hydrogen) atoms. The molecule has 0 radical (unpaired) electrons. The highest BCUT2D eigenvalue weighted by Gasteiger charge is 2.25. The van der Waals surface area contributed by atoms with Crippen LogP contribution in [-0.4, -0.2) is 15.6 Å². The lowest BCUT2D eigenvalue weighted by Gasteiger charge is -2.15. The average Bonchev–Trinajstić information content (AvgIpc) is 3.47. The van der Waals surface area contributed by atoms with Crippen molar-refractivity contribution in [3.8, 4) is 18.0 Å². The number of hydrogen-bond acceptors (Lipinski definition) is 3. The van der Waals surface area contributed by atoms with Crippen molar-refractivity contribution < 1.29 is 0 Å². The zero-order chi connectivity index (χ0) is 18.3. The van der Waals surface area contributed by atoms with E-state index in [9.17, 15) is 4.79 Å². The van der Waals surface area contributed by atoms with Crippen LogP contribution in [0.5, 0.6) is 0 Å². The number of nitrogens with zero attached hydrogens (tertiary/aromatic N) is 2. The molecule has 0 saturated heterocycles. The molecule has 5 heteroatoms. The lowest BCUT2D eigenvalue weighted by molar-refractivity contribution is 0.797. The van der Waals surface area contributed by atoms with E-state index in [0.717, 1.165) is 10.9 Å². The quantitative estimate of drug-likeness (QED) is 0.722.